The molecule has 1 saturated carbocycles. The number of aliphatic hydroxyl groups is 1. The first-order valence-electron chi connectivity index (χ1n) is 5.80. The van der Waals surface area contributed by atoms with Crippen LogP contribution in [0.25, 0.3) is 0 Å². The second-order valence-corrected chi connectivity index (χ2v) is 4.47. The van der Waals surface area contributed by atoms with Crippen molar-refractivity contribution < 1.29 is 10.0 Å². The van der Waals surface area contributed by atoms with Gasteiger partial charge in [-0.15, -0.1) is 0 Å². The molecule has 1 aliphatic rings. The Kier molecular flexibility index (Phi) is 3.71. The lowest BCUT2D eigenvalue weighted by molar-refractivity contribution is -0.384. The summed E-state index contributed by atoms with van der Waals surface area (Å²) >= 11 is 0. The summed E-state index contributed by atoms with van der Waals surface area (Å²) in [6.07, 6.45) is 1.95. The topological polar surface area (TPSA) is 75.4 Å². The Bertz CT molecular complexity index is 387. The minimum Gasteiger partial charge on any atom is -0.387 e. The third-order valence-corrected chi connectivity index (χ3v) is 2.96. The van der Waals surface area contributed by atoms with Crippen molar-refractivity contribution in [1.82, 2.24) is 5.32 Å². The van der Waals surface area contributed by atoms with Gasteiger partial charge in [0.2, 0.25) is 0 Å². The van der Waals surface area contributed by atoms with Gasteiger partial charge in [-0.2, -0.15) is 0 Å². The molecular formula is C12H16N2O3. The van der Waals surface area contributed by atoms with Crippen LogP contribution in [0.15, 0.2) is 24.3 Å². The van der Waals surface area contributed by atoms with Gasteiger partial charge in [0.15, 0.2) is 0 Å². The molecular weight excluding hydrogens is 220 g/mol. The van der Waals surface area contributed by atoms with Crippen LogP contribution in [0.3, 0.4) is 0 Å². The van der Waals surface area contributed by atoms with Crippen molar-refractivity contribution in [2.24, 2.45) is 5.92 Å². The molecule has 2 N–H and O–H groups in total. The van der Waals surface area contributed by atoms with Crippen molar-refractivity contribution >= 4 is 5.69 Å². The molecule has 17 heavy (non-hydrogen) atoms. The number of benzene rings is 1. The van der Waals surface area contributed by atoms with Crippen LogP contribution < -0.4 is 5.32 Å². The van der Waals surface area contributed by atoms with Gasteiger partial charge in [0.05, 0.1) is 11.0 Å². The highest BCUT2D eigenvalue weighted by Crippen LogP contribution is 2.27. The zero-order valence-electron chi connectivity index (χ0n) is 9.50. The number of hydrogen-bond donors (Lipinski definition) is 2. The van der Waals surface area contributed by atoms with Gasteiger partial charge >= 0.3 is 0 Å². The molecule has 0 aromatic heterocycles. The lowest BCUT2D eigenvalue weighted by Crippen LogP contribution is -2.23. The number of nitrogens with one attached hydrogen (secondary N) is 1. The number of hydrogen-bond acceptors (Lipinski definition) is 4. The molecule has 0 spiro atoms. The van der Waals surface area contributed by atoms with Crippen LogP contribution in [-0.4, -0.2) is 23.1 Å². The van der Waals surface area contributed by atoms with E-state index in [0.29, 0.717) is 12.1 Å². The number of nitro benzene ring substituents is 1. The predicted molar refractivity (Wildman–Crippen MR) is 63.6 cm³/mol. The fraction of sp³-hybridized carbons (Fsp3) is 0.500. The molecule has 0 saturated heterocycles. The highest BCUT2D eigenvalue weighted by atomic mass is 16.6. The van der Waals surface area contributed by atoms with Crippen LogP contribution in [0.1, 0.15) is 24.5 Å². The molecule has 0 heterocycles. The van der Waals surface area contributed by atoms with E-state index in [2.05, 4.69) is 5.32 Å². The minimum atomic E-state index is -0.602. The van der Waals surface area contributed by atoms with Gasteiger partial charge in [-0.3, -0.25) is 10.1 Å². The molecule has 1 fully saturated rings. The summed E-state index contributed by atoms with van der Waals surface area (Å²) in [4.78, 5) is 10.0. The molecule has 5 nitrogen and oxygen atoms in total. The normalized spacial score (nSPS) is 16.8. The molecule has 1 aromatic carbocycles. The smallest absolute Gasteiger partial charge is 0.269 e. The Labute approximate surface area is 99.6 Å². The van der Waals surface area contributed by atoms with E-state index in [-0.39, 0.29) is 5.69 Å². The second-order valence-electron chi connectivity index (χ2n) is 4.47. The molecule has 1 unspecified atom stereocenters. The predicted octanol–water partition coefficient (Wildman–Crippen LogP) is 1.63. The first-order valence-corrected chi connectivity index (χ1v) is 5.80. The van der Waals surface area contributed by atoms with Crippen molar-refractivity contribution in [1.29, 1.82) is 0 Å². The second kappa shape index (κ2) is 5.25. The monoisotopic (exact) mass is 236 g/mol. The minimum absolute atomic E-state index is 0.0480. The van der Waals surface area contributed by atoms with Crippen molar-refractivity contribution in [2.45, 2.75) is 18.9 Å². The SMILES string of the molecule is O=[N+]([O-])c1ccc(C(O)CNCC2CC2)cc1. The molecule has 1 aliphatic carbocycles. The average Bonchev–Trinajstić information content (AvgIpc) is 3.13. The fourth-order valence-corrected chi connectivity index (χ4v) is 1.68. The summed E-state index contributed by atoms with van der Waals surface area (Å²) in [6.45, 7) is 1.44. The first kappa shape index (κ1) is 12.0. The summed E-state index contributed by atoms with van der Waals surface area (Å²) in [5, 5.41) is 23.5. The summed E-state index contributed by atoms with van der Waals surface area (Å²) in [7, 11) is 0. The third kappa shape index (κ3) is 3.51. The summed E-state index contributed by atoms with van der Waals surface area (Å²) in [5.41, 5.74) is 0.755. The standard InChI is InChI=1S/C12H16N2O3/c15-12(8-13-7-9-1-2-9)10-3-5-11(6-4-10)14(16)17/h3-6,9,12-13,15H,1-2,7-8H2. The van der Waals surface area contributed by atoms with Crippen LogP contribution in [0.2, 0.25) is 0 Å². The van der Waals surface area contributed by atoms with E-state index in [4.69, 9.17) is 0 Å². The van der Waals surface area contributed by atoms with Crippen LogP contribution in [0, 0.1) is 16.0 Å². The number of nitrogens with zero attached hydrogens (tertiary/aromatic N) is 1. The van der Waals surface area contributed by atoms with E-state index in [0.717, 1.165) is 12.5 Å². The number of non-ortho nitro benzene ring substituents is 1. The van der Waals surface area contributed by atoms with E-state index in [1.807, 2.05) is 0 Å². The summed E-state index contributed by atoms with van der Waals surface area (Å²) in [6, 6.07) is 6.03. The Hall–Kier alpha value is -1.46. The number of aliphatic hydroxyl groups excluding tert-OH is 1. The quantitative estimate of drug-likeness (QED) is 0.581. The van der Waals surface area contributed by atoms with E-state index in [1.54, 1.807) is 12.1 Å². The third-order valence-electron chi connectivity index (χ3n) is 2.96. The zero-order valence-corrected chi connectivity index (χ0v) is 9.50. The molecule has 0 bridgehead atoms. The van der Waals surface area contributed by atoms with E-state index in [9.17, 15) is 15.2 Å². The van der Waals surface area contributed by atoms with Crippen molar-refractivity contribution in [3.8, 4) is 0 Å². The molecule has 0 radical (unpaired) electrons. The Morgan fingerprint density at radius 3 is 2.59 bits per heavy atom. The first-order chi connectivity index (χ1) is 8.16. The van der Waals surface area contributed by atoms with Gasteiger partial charge < -0.3 is 10.4 Å². The van der Waals surface area contributed by atoms with Gasteiger partial charge in [0.1, 0.15) is 0 Å². The maximum Gasteiger partial charge on any atom is 0.269 e. The van der Waals surface area contributed by atoms with Crippen LogP contribution >= 0.6 is 0 Å². The molecule has 5 heteroatoms. The molecule has 2 rings (SSSR count). The van der Waals surface area contributed by atoms with Crippen LogP contribution in [-0.2, 0) is 0 Å². The van der Waals surface area contributed by atoms with Gasteiger partial charge in [-0.05, 0) is 43.0 Å². The average molecular weight is 236 g/mol. The van der Waals surface area contributed by atoms with E-state index >= 15 is 0 Å². The highest BCUT2D eigenvalue weighted by molar-refractivity contribution is 5.33. The largest absolute Gasteiger partial charge is 0.387 e. The Morgan fingerprint density at radius 2 is 2.06 bits per heavy atom. The van der Waals surface area contributed by atoms with Crippen molar-refractivity contribution in [2.75, 3.05) is 13.1 Å². The fourth-order valence-electron chi connectivity index (χ4n) is 1.68. The van der Waals surface area contributed by atoms with E-state index in [1.165, 1.54) is 25.0 Å². The van der Waals surface area contributed by atoms with Gasteiger partial charge in [0, 0.05) is 18.7 Å². The molecule has 1 aromatic rings. The van der Waals surface area contributed by atoms with E-state index < -0.39 is 11.0 Å². The number of nitro groups is 1. The lowest BCUT2D eigenvalue weighted by Gasteiger charge is -2.11. The highest BCUT2D eigenvalue weighted by Gasteiger charge is 2.20. The van der Waals surface area contributed by atoms with Crippen LogP contribution in [0.5, 0.6) is 0 Å². The van der Waals surface area contributed by atoms with Crippen molar-refractivity contribution in [3.63, 3.8) is 0 Å². The summed E-state index contributed by atoms with van der Waals surface area (Å²) < 4.78 is 0. The number of rotatable bonds is 6. The van der Waals surface area contributed by atoms with Crippen LogP contribution in [0.4, 0.5) is 5.69 Å². The molecule has 92 valence electrons. The van der Waals surface area contributed by atoms with Gasteiger partial charge in [0.25, 0.3) is 5.69 Å². The van der Waals surface area contributed by atoms with Gasteiger partial charge in [-0.25, -0.2) is 0 Å². The molecule has 0 aliphatic heterocycles. The van der Waals surface area contributed by atoms with Crippen molar-refractivity contribution in [3.05, 3.63) is 39.9 Å². The Morgan fingerprint density at radius 1 is 1.41 bits per heavy atom. The van der Waals surface area contributed by atoms with Gasteiger partial charge in [-0.1, -0.05) is 0 Å². The maximum atomic E-state index is 10.5. The zero-order chi connectivity index (χ0) is 12.3. The molecule has 1 atom stereocenters. The lowest BCUT2D eigenvalue weighted by atomic mass is 10.1. The summed E-state index contributed by atoms with van der Waals surface area (Å²) in [5.74, 6) is 0.777. The molecule has 0 amide bonds. The Balaban J connectivity index is 1.84. The maximum absolute atomic E-state index is 10.5.